The van der Waals surface area contributed by atoms with Crippen molar-refractivity contribution < 1.29 is 9.53 Å². The largest absolute Gasteiger partial charge is 0.375 e. The van der Waals surface area contributed by atoms with Crippen LogP contribution in [-0.2, 0) is 9.53 Å². The molecule has 1 saturated heterocycles. The van der Waals surface area contributed by atoms with Gasteiger partial charge in [0, 0.05) is 26.2 Å². The SMILES string of the molecule is COCC(=O)N1CCCNCC1CC(C)C. The minimum atomic E-state index is 0.122. The molecule has 1 heterocycles. The monoisotopic (exact) mass is 228 g/mol. The number of rotatable bonds is 4. The molecule has 1 aliphatic rings. The van der Waals surface area contributed by atoms with Gasteiger partial charge < -0.3 is 15.0 Å². The molecule has 0 aromatic carbocycles. The van der Waals surface area contributed by atoms with Crippen LogP contribution >= 0.6 is 0 Å². The molecule has 0 aromatic rings. The van der Waals surface area contributed by atoms with Crippen LogP contribution in [0.1, 0.15) is 26.7 Å². The van der Waals surface area contributed by atoms with E-state index in [0.29, 0.717) is 12.0 Å². The summed E-state index contributed by atoms with van der Waals surface area (Å²) in [5.41, 5.74) is 0. The lowest BCUT2D eigenvalue weighted by Crippen LogP contribution is -2.45. The molecular formula is C12H24N2O2. The summed E-state index contributed by atoms with van der Waals surface area (Å²) in [7, 11) is 1.57. The first-order valence-corrected chi connectivity index (χ1v) is 6.14. The first kappa shape index (κ1) is 13.5. The molecule has 0 radical (unpaired) electrons. The van der Waals surface area contributed by atoms with Crippen LogP contribution in [0.25, 0.3) is 0 Å². The van der Waals surface area contributed by atoms with Gasteiger partial charge in [-0.3, -0.25) is 4.79 Å². The number of carbonyl (C=O) groups excluding carboxylic acids is 1. The smallest absolute Gasteiger partial charge is 0.248 e. The molecule has 0 saturated carbocycles. The molecule has 0 aromatic heterocycles. The predicted molar refractivity (Wildman–Crippen MR) is 64.3 cm³/mol. The van der Waals surface area contributed by atoms with Gasteiger partial charge in [-0.1, -0.05) is 13.8 Å². The predicted octanol–water partition coefficient (Wildman–Crippen LogP) is 0.869. The highest BCUT2D eigenvalue weighted by atomic mass is 16.5. The fourth-order valence-corrected chi connectivity index (χ4v) is 2.23. The maximum Gasteiger partial charge on any atom is 0.248 e. The maximum absolute atomic E-state index is 11.9. The van der Waals surface area contributed by atoms with Gasteiger partial charge in [0.05, 0.1) is 0 Å². The van der Waals surface area contributed by atoms with Crippen molar-refractivity contribution in [1.82, 2.24) is 10.2 Å². The minimum absolute atomic E-state index is 0.122. The highest BCUT2D eigenvalue weighted by Gasteiger charge is 2.25. The molecule has 1 rings (SSSR count). The summed E-state index contributed by atoms with van der Waals surface area (Å²) in [6, 6.07) is 0.324. The van der Waals surface area contributed by atoms with Gasteiger partial charge in [0.2, 0.25) is 5.91 Å². The molecule has 1 N–H and O–H groups in total. The molecule has 1 atom stereocenters. The summed E-state index contributed by atoms with van der Waals surface area (Å²) in [5.74, 6) is 0.736. The lowest BCUT2D eigenvalue weighted by Gasteiger charge is -2.30. The molecule has 1 amide bonds. The molecule has 94 valence electrons. The van der Waals surface area contributed by atoms with Gasteiger partial charge >= 0.3 is 0 Å². The molecule has 1 aliphatic heterocycles. The molecule has 0 bridgehead atoms. The molecule has 0 spiro atoms. The second-order valence-corrected chi connectivity index (χ2v) is 4.86. The van der Waals surface area contributed by atoms with Crippen LogP contribution in [0.3, 0.4) is 0 Å². The normalized spacial score (nSPS) is 22.2. The van der Waals surface area contributed by atoms with Crippen molar-refractivity contribution in [1.29, 1.82) is 0 Å². The van der Waals surface area contributed by atoms with Crippen molar-refractivity contribution in [3.05, 3.63) is 0 Å². The van der Waals surface area contributed by atoms with Crippen LogP contribution < -0.4 is 5.32 Å². The molecule has 1 unspecified atom stereocenters. The number of carbonyl (C=O) groups is 1. The van der Waals surface area contributed by atoms with Crippen molar-refractivity contribution in [3.63, 3.8) is 0 Å². The van der Waals surface area contributed by atoms with Gasteiger partial charge in [0.25, 0.3) is 0 Å². The lowest BCUT2D eigenvalue weighted by molar-refractivity contribution is -0.137. The van der Waals surface area contributed by atoms with Crippen molar-refractivity contribution in [2.45, 2.75) is 32.7 Å². The van der Waals surface area contributed by atoms with Crippen LogP contribution in [-0.4, -0.2) is 50.2 Å². The Morgan fingerprint density at radius 2 is 2.31 bits per heavy atom. The van der Waals surface area contributed by atoms with Crippen LogP contribution in [0.15, 0.2) is 0 Å². The van der Waals surface area contributed by atoms with E-state index in [-0.39, 0.29) is 12.5 Å². The van der Waals surface area contributed by atoms with Crippen molar-refractivity contribution in [3.8, 4) is 0 Å². The highest BCUT2D eigenvalue weighted by molar-refractivity contribution is 5.77. The third-order valence-corrected chi connectivity index (χ3v) is 2.90. The van der Waals surface area contributed by atoms with Gasteiger partial charge in [-0.25, -0.2) is 0 Å². The number of hydrogen-bond donors (Lipinski definition) is 1. The van der Waals surface area contributed by atoms with Crippen LogP contribution in [0.4, 0.5) is 0 Å². The van der Waals surface area contributed by atoms with E-state index in [4.69, 9.17) is 4.74 Å². The van der Waals surface area contributed by atoms with Gasteiger partial charge in [0.1, 0.15) is 6.61 Å². The topological polar surface area (TPSA) is 41.6 Å². The molecule has 0 aliphatic carbocycles. The van der Waals surface area contributed by atoms with Crippen LogP contribution in [0, 0.1) is 5.92 Å². The Hall–Kier alpha value is -0.610. The van der Waals surface area contributed by atoms with Crippen molar-refractivity contribution in [2.75, 3.05) is 33.4 Å². The summed E-state index contributed by atoms with van der Waals surface area (Å²) in [5, 5.41) is 3.39. The second kappa shape index (κ2) is 6.86. The molecule has 16 heavy (non-hydrogen) atoms. The number of hydrogen-bond acceptors (Lipinski definition) is 3. The molecule has 4 nitrogen and oxygen atoms in total. The van der Waals surface area contributed by atoms with E-state index in [1.807, 2.05) is 4.90 Å². The number of nitrogens with zero attached hydrogens (tertiary/aromatic N) is 1. The van der Waals surface area contributed by atoms with E-state index in [0.717, 1.165) is 32.5 Å². The Bertz CT molecular complexity index is 219. The average molecular weight is 228 g/mol. The number of methoxy groups -OCH3 is 1. The van der Waals surface area contributed by atoms with E-state index in [9.17, 15) is 4.79 Å². The van der Waals surface area contributed by atoms with Gasteiger partial charge in [-0.15, -0.1) is 0 Å². The van der Waals surface area contributed by atoms with Gasteiger partial charge in [0.15, 0.2) is 0 Å². The minimum Gasteiger partial charge on any atom is -0.375 e. The highest BCUT2D eigenvalue weighted by Crippen LogP contribution is 2.14. The van der Waals surface area contributed by atoms with Crippen LogP contribution in [0.5, 0.6) is 0 Å². The zero-order valence-electron chi connectivity index (χ0n) is 10.7. The summed E-state index contributed by atoms with van der Waals surface area (Å²) in [6.07, 6.45) is 2.09. The third-order valence-electron chi connectivity index (χ3n) is 2.90. The Kier molecular flexibility index (Phi) is 5.77. The Balaban J connectivity index is 2.61. The van der Waals surface area contributed by atoms with E-state index in [2.05, 4.69) is 19.2 Å². The van der Waals surface area contributed by atoms with Gasteiger partial charge in [-0.2, -0.15) is 0 Å². The fourth-order valence-electron chi connectivity index (χ4n) is 2.23. The lowest BCUT2D eigenvalue weighted by atomic mass is 10.0. The number of nitrogens with one attached hydrogen (secondary N) is 1. The zero-order valence-corrected chi connectivity index (χ0v) is 10.7. The van der Waals surface area contributed by atoms with E-state index in [1.54, 1.807) is 7.11 Å². The second-order valence-electron chi connectivity index (χ2n) is 4.86. The quantitative estimate of drug-likeness (QED) is 0.776. The van der Waals surface area contributed by atoms with Crippen molar-refractivity contribution in [2.24, 2.45) is 5.92 Å². The third kappa shape index (κ3) is 4.10. The van der Waals surface area contributed by atoms with Crippen molar-refractivity contribution >= 4 is 5.91 Å². The Morgan fingerprint density at radius 1 is 1.56 bits per heavy atom. The summed E-state index contributed by atoms with van der Waals surface area (Å²) >= 11 is 0. The zero-order chi connectivity index (χ0) is 12.0. The standard InChI is InChI=1S/C12H24N2O2/c1-10(2)7-11-8-13-5-4-6-14(11)12(15)9-16-3/h10-11,13H,4-9H2,1-3H3. The average Bonchev–Trinajstić information content (AvgIpc) is 2.43. The van der Waals surface area contributed by atoms with E-state index >= 15 is 0 Å². The Morgan fingerprint density at radius 3 is 2.94 bits per heavy atom. The molecule has 1 fully saturated rings. The first-order chi connectivity index (χ1) is 7.65. The number of ether oxygens (including phenoxy) is 1. The first-order valence-electron chi connectivity index (χ1n) is 6.14. The molecular weight excluding hydrogens is 204 g/mol. The fraction of sp³-hybridized carbons (Fsp3) is 0.917. The maximum atomic E-state index is 11.9. The number of amides is 1. The summed E-state index contributed by atoms with van der Waals surface area (Å²) in [6.45, 7) is 7.37. The molecule has 4 heteroatoms. The van der Waals surface area contributed by atoms with Crippen LogP contribution in [0.2, 0.25) is 0 Å². The van der Waals surface area contributed by atoms with E-state index in [1.165, 1.54) is 0 Å². The summed E-state index contributed by atoms with van der Waals surface area (Å²) in [4.78, 5) is 13.9. The van der Waals surface area contributed by atoms with Gasteiger partial charge in [-0.05, 0) is 25.3 Å². The Labute approximate surface area is 98.3 Å². The van der Waals surface area contributed by atoms with E-state index < -0.39 is 0 Å². The summed E-state index contributed by atoms with van der Waals surface area (Å²) < 4.78 is 4.94.